The molecule has 0 saturated carbocycles. The molecule has 1 unspecified atom stereocenters. The summed E-state index contributed by atoms with van der Waals surface area (Å²) in [5, 5.41) is 0. The van der Waals surface area contributed by atoms with Gasteiger partial charge in [-0.05, 0) is 12.5 Å². The molecule has 1 amide bonds. The number of rotatable bonds is 5. The van der Waals surface area contributed by atoms with E-state index < -0.39 is 17.8 Å². The lowest BCUT2D eigenvalue weighted by Crippen LogP contribution is -2.33. The van der Waals surface area contributed by atoms with Crippen molar-refractivity contribution in [1.82, 2.24) is 0 Å². The van der Waals surface area contributed by atoms with Crippen LogP contribution < -0.4 is 16.2 Å². The van der Waals surface area contributed by atoms with Crippen molar-refractivity contribution in [3.05, 3.63) is 29.6 Å². The number of ether oxygens (including phenoxy) is 1. The SMILES string of the molecule is CCC(Oc1ccc(CN)c(F)c1)C(N)=O. The van der Waals surface area contributed by atoms with Crippen LogP contribution >= 0.6 is 0 Å². The van der Waals surface area contributed by atoms with E-state index in [9.17, 15) is 9.18 Å². The second-order valence-electron chi connectivity index (χ2n) is 3.37. The molecule has 0 aromatic heterocycles. The second kappa shape index (κ2) is 5.46. The van der Waals surface area contributed by atoms with E-state index in [1.807, 2.05) is 0 Å². The summed E-state index contributed by atoms with van der Waals surface area (Å²) in [4.78, 5) is 10.9. The van der Waals surface area contributed by atoms with Crippen LogP contribution in [0.3, 0.4) is 0 Å². The first-order valence-electron chi connectivity index (χ1n) is 5.03. The van der Waals surface area contributed by atoms with Gasteiger partial charge in [0.25, 0.3) is 5.91 Å². The summed E-state index contributed by atoms with van der Waals surface area (Å²) in [6.07, 6.45) is -0.293. The molecular weight excluding hydrogens is 211 g/mol. The fourth-order valence-corrected chi connectivity index (χ4v) is 1.27. The highest BCUT2D eigenvalue weighted by atomic mass is 19.1. The lowest BCUT2D eigenvalue weighted by Gasteiger charge is -2.14. The number of nitrogens with two attached hydrogens (primary N) is 2. The molecule has 0 aliphatic carbocycles. The average Bonchev–Trinajstić information content (AvgIpc) is 2.25. The highest BCUT2D eigenvalue weighted by Gasteiger charge is 2.15. The normalized spacial score (nSPS) is 12.2. The van der Waals surface area contributed by atoms with Crippen molar-refractivity contribution < 1.29 is 13.9 Å². The smallest absolute Gasteiger partial charge is 0.258 e. The third-order valence-corrected chi connectivity index (χ3v) is 2.21. The Morgan fingerprint density at radius 2 is 2.25 bits per heavy atom. The van der Waals surface area contributed by atoms with Crippen molar-refractivity contribution in [1.29, 1.82) is 0 Å². The van der Waals surface area contributed by atoms with Gasteiger partial charge in [0, 0.05) is 18.2 Å². The van der Waals surface area contributed by atoms with E-state index in [-0.39, 0.29) is 12.3 Å². The summed E-state index contributed by atoms with van der Waals surface area (Å²) < 4.78 is 18.6. The van der Waals surface area contributed by atoms with Gasteiger partial charge in [0.2, 0.25) is 0 Å². The van der Waals surface area contributed by atoms with Crippen LogP contribution in [0.2, 0.25) is 0 Å². The Labute approximate surface area is 93.4 Å². The van der Waals surface area contributed by atoms with Crippen molar-refractivity contribution in [2.75, 3.05) is 0 Å². The first-order chi connectivity index (χ1) is 7.58. The zero-order valence-electron chi connectivity index (χ0n) is 9.07. The average molecular weight is 226 g/mol. The summed E-state index contributed by atoms with van der Waals surface area (Å²) in [6, 6.07) is 4.29. The highest BCUT2D eigenvalue weighted by molar-refractivity contribution is 5.79. The van der Waals surface area contributed by atoms with Gasteiger partial charge in [-0.3, -0.25) is 4.79 Å². The number of carbonyl (C=O) groups is 1. The molecule has 16 heavy (non-hydrogen) atoms. The van der Waals surface area contributed by atoms with E-state index in [1.165, 1.54) is 12.1 Å². The molecule has 0 spiro atoms. The molecule has 1 atom stereocenters. The largest absolute Gasteiger partial charge is 0.481 e. The molecule has 0 fully saturated rings. The van der Waals surface area contributed by atoms with Crippen LogP contribution in [0.5, 0.6) is 5.75 Å². The fourth-order valence-electron chi connectivity index (χ4n) is 1.27. The van der Waals surface area contributed by atoms with E-state index in [0.717, 1.165) is 0 Å². The highest BCUT2D eigenvalue weighted by Crippen LogP contribution is 2.18. The minimum Gasteiger partial charge on any atom is -0.481 e. The Morgan fingerprint density at radius 3 is 2.69 bits per heavy atom. The number of amides is 1. The number of hydrogen-bond acceptors (Lipinski definition) is 3. The van der Waals surface area contributed by atoms with Gasteiger partial charge < -0.3 is 16.2 Å². The molecule has 0 saturated heterocycles. The van der Waals surface area contributed by atoms with Crippen LogP contribution in [0, 0.1) is 5.82 Å². The van der Waals surface area contributed by atoms with Crippen molar-refractivity contribution in [2.24, 2.45) is 11.5 Å². The first kappa shape index (κ1) is 12.4. The van der Waals surface area contributed by atoms with Crippen LogP contribution in [0.25, 0.3) is 0 Å². The van der Waals surface area contributed by atoms with Crippen LogP contribution in [0.15, 0.2) is 18.2 Å². The van der Waals surface area contributed by atoms with Crippen LogP contribution in [0.4, 0.5) is 4.39 Å². The molecule has 1 aromatic carbocycles. The molecule has 4 nitrogen and oxygen atoms in total. The Morgan fingerprint density at radius 1 is 1.56 bits per heavy atom. The Bertz CT molecular complexity index is 382. The maximum absolute atomic E-state index is 13.3. The van der Waals surface area contributed by atoms with Gasteiger partial charge >= 0.3 is 0 Å². The first-order valence-corrected chi connectivity index (χ1v) is 5.03. The summed E-state index contributed by atoms with van der Waals surface area (Å²) >= 11 is 0. The Balaban J connectivity index is 2.81. The molecule has 1 aromatic rings. The molecule has 88 valence electrons. The van der Waals surface area contributed by atoms with Gasteiger partial charge in [-0.15, -0.1) is 0 Å². The lowest BCUT2D eigenvalue weighted by molar-refractivity contribution is -0.124. The minimum absolute atomic E-state index is 0.124. The van der Waals surface area contributed by atoms with Gasteiger partial charge in [-0.1, -0.05) is 13.0 Å². The quantitative estimate of drug-likeness (QED) is 0.783. The van der Waals surface area contributed by atoms with E-state index in [4.69, 9.17) is 16.2 Å². The van der Waals surface area contributed by atoms with E-state index in [0.29, 0.717) is 12.0 Å². The van der Waals surface area contributed by atoms with Crippen molar-refractivity contribution in [2.45, 2.75) is 26.0 Å². The molecule has 0 heterocycles. The molecule has 0 radical (unpaired) electrons. The molecule has 4 N–H and O–H groups in total. The van der Waals surface area contributed by atoms with Crippen molar-refractivity contribution >= 4 is 5.91 Å². The number of benzene rings is 1. The Kier molecular flexibility index (Phi) is 4.25. The number of hydrogen-bond donors (Lipinski definition) is 2. The zero-order valence-corrected chi connectivity index (χ0v) is 9.07. The maximum atomic E-state index is 13.3. The van der Waals surface area contributed by atoms with Crippen molar-refractivity contribution in [3.8, 4) is 5.75 Å². The zero-order chi connectivity index (χ0) is 12.1. The van der Waals surface area contributed by atoms with Crippen molar-refractivity contribution in [3.63, 3.8) is 0 Å². The molecule has 1 rings (SSSR count). The van der Waals surface area contributed by atoms with Gasteiger partial charge in [-0.25, -0.2) is 4.39 Å². The predicted octanol–water partition coefficient (Wildman–Crippen LogP) is 0.927. The third kappa shape index (κ3) is 2.93. The summed E-state index contributed by atoms with van der Waals surface area (Å²) in [5.41, 5.74) is 10.8. The molecule has 5 heteroatoms. The summed E-state index contributed by atoms with van der Waals surface area (Å²) in [5.74, 6) is -0.731. The van der Waals surface area contributed by atoms with Gasteiger partial charge in [0.1, 0.15) is 11.6 Å². The number of carbonyl (C=O) groups excluding carboxylic acids is 1. The summed E-state index contributed by atoms with van der Waals surface area (Å²) in [7, 11) is 0. The lowest BCUT2D eigenvalue weighted by atomic mass is 10.2. The van der Waals surface area contributed by atoms with Gasteiger partial charge in [0.05, 0.1) is 0 Å². The van der Waals surface area contributed by atoms with Gasteiger partial charge in [-0.2, -0.15) is 0 Å². The molecular formula is C11H15FN2O2. The monoisotopic (exact) mass is 226 g/mol. The van der Waals surface area contributed by atoms with E-state index >= 15 is 0 Å². The third-order valence-electron chi connectivity index (χ3n) is 2.21. The molecule has 0 aliphatic heterocycles. The van der Waals surface area contributed by atoms with E-state index in [1.54, 1.807) is 13.0 Å². The topological polar surface area (TPSA) is 78.3 Å². The minimum atomic E-state index is -0.733. The predicted molar refractivity (Wildman–Crippen MR) is 58.2 cm³/mol. The fraction of sp³-hybridized carbons (Fsp3) is 0.364. The van der Waals surface area contributed by atoms with Crippen LogP contribution in [0.1, 0.15) is 18.9 Å². The molecule has 0 bridgehead atoms. The summed E-state index contributed by atoms with van der Waals surface area (Å²) in [6.45, 7) is 1.89. The van der Waals surface area contributed by atoms with E-state index in [2.05, 4.69) is 0 Å². The number of halogens is 1. The van der Waals surface area contributed by atoms with Crippen LogP contribution in [-0.4, -0.2) is 12.0 Å². The number of primary amides is 1. The second-order valence-corrected chi connectivity index (χ2v) is 3.37. The van der Waals surface area contributed by atoms with Crippen LogP contribution in [-0.2, 0) is 11.3 Å². The maximum Gasteiger partial charge on any atom is 0.258 e. The molecule has 0 aliphatic rings. The Hall–Kier alpha value is -1.62. The standard InChI is InChI=1S/C11H15FN2O2/c1-2-10(11(14)15)16-8-4-3-7(6-13)9(12)5-8/h3-5,10H,2,6,13H2,1H3,(H2,14,15). The van der Waals surface area contributed by atoms with Gasteiger partial charge in [0.15, 0.2) is 6.10 Å².